The zero-order valence-corrected chi connectivity index (χ0v) is 25.6. The van der Waals surface area contributed by atoms with Gasteiger partial charge in [-0.05, 0) is 54.8 Å². The Balaban J connectivity index is 1.83. The van der Waals surface area contributed by atoms with Crippen LogP contribution in [0.5, 0.6) is 23.0 Å². The fourth-order valence-corrected chi connectivity index (χ4v) is 6.17. The summed E-state index contributed by atoms with van der Waals surface area (Å²) in [5, 5.41) is 10.6. The van der Waals surface area contributed by atoms with Crippen LogP contribution < -0.4 is 29.1 Å². The summed E-state index contributed by atoms with van der Waals surface area (Å²) in [7, 11) is 4.53. The van der Waals surface area contributed by atoms with Crippen molar-refractivity contribution in [2.24, 2.45) is 4.99 Å². The Kier molecular flexibility index (Phi) is 9.01. The Bertz CT molecular complexity index is 1940. The molecule has 1 aromatic heterocycles. The van der Waals surface area contributed by atoms with E-state index in [1.165, 1.54) is 37.2 Å². The molecule has 1 N–H and O–H groups in total. The fraction of sp³-hybridized carbons (Fsp3) is 0.206. The Hall–Kier alpha value is -5.09. The zero-order valence-electron chi connectivity index (χ0n) is 24.8. The van der Waals surface area contributed by atoms with E-state index < -0.39 is 12.0 Å². The lowest BCUT2D eigenvalue weighted by molar-refractivity contribution is -0.138. The molecule has 1 aliphatic heterocycles. The minimum absolute atomic E-state index is 0.0195. The molecule has 3 aromatic carbocycles. The van der Waals surface area contributed by atoms with Crippen LogP contribution in [0.2, 0.25) is 0 Å². The summed E-state index contributed by atoms with van der Waals surface area (Å²) in [5.74, 6) is 0.667. The Morgan fingerprint density at radius 2 is 1.75 bits per heavy atom. The molecule has 226 valence electrons. The van der Waals surface area contributed by atoms with Gasteiger partial charge in [-0.2, -0.15) is 0 Å². The van der Waals surface area contributed by atoms with Crippen molar-refractivity contribution in [3.05, 3.63) is 121 Å². The van der Waals surface area contributed by atoms with Gasteiger partial charge < -0.3 is 24.1 Å². The first kappa shape index (κ1) is 30.4. The number of thiazole rings is 1. The maximum absolute atomic E-state index is 14.2. The topological polar surface area (TPSA) is 109 Å². The van der Waals surface area contributed by atoms with Crippen molar-refractivity contribution < 1.29 is 28.8 Å². The summed E-state index contributed by atoms with van der Waals surface area (Å²) in [4.78, 5) is 33.2. The number of carbonyl (C=O) groups is 1. The third-order valence-electron chi connectivity index (χ3n) is 7.16. The minimum Gasteiger partial charge on any atom is -0.504 e. The monoisotopic (exact) mass is 612 g/mol. The van der Waals surface area contributed by atoms with Gasteiger partial charge in [0.2, 0.25) is 0 Å². The van der Waals surface area contributed by atoms with Crippen LogP contribution in [0, 0.1) is 0 Å². The molecule has 0 bridgehead atoms. The molecule has 4 aromatic rings. The number of aromatic nitrogens is 1. The van der Waals surface area contributed by atoms with Crippen LogP contribution in [0.4, 0.5) is 0 Å². The summed E-state index contributed by atoms with van der Waals surface area (Å²) in [6.45, 7) is 5.64. The van der Waals surface area contributed by atoms with Crippen molar-refractivity contribution >= 4 is 29.1 Å². The Labute approximate surface area is 258 Å². The van der Waals surface area contributed by atoms with Gasteiger partial charge >= 0.3 is 5.97 Å². The number of esters is 1. The Morgan fingerprint density at radius 3 is 2.41 bits per heavy atom. The average molecular weight is 613 g/mol. The summed E-state index contributed by atoms with van der Waals surface area (Å²) < 4.78 is 23.8. The second-order valence-corrected chi connectivity index (χ2v) is 10.8. The second kappa shape index (κ2) is 13.0. The molecular weight excluding hydrogens is 580 g/mol. The molecule has 0 amide bonds. The number of allylic oxidation sites excluding steroid dienone is 1. The number of benzene rings is 3. The van der Waals surface area contributed by atoms with Crippen LogP contribution in [-0.4, -0.2) is 43.6 Å². The fourth-order valence-electron chi connectivity index (χ4n) is 5.17. The first-order valence-electron chi connectivity index (χ1n) is 13.9. The SMILES string of the molecule is C=CCc1cc(/C=c2/sc3n(c2=O)[C@H](c2ccc(OC)c(OC)c2)C(C(=O)OCC)=C(c2ccccc2)N=3)cc(OC)c1O. The summed E-state index contributed by atoms with van der Waals surface area (Å²) >= 11 is 1.20. The highest BCUT2D eigenvalue weighted by Gasteiger charge is 2.35. The molecule has 0 fully saturated rings. The predicted molar refractivity (Wildman–Crippen MR) is 169 cm³/mol. The number of ether oxygens (including phenoxy) is 4. The number of hydrogen-bond donors (Lipinski definition) is 1. The number of carbonyl (C=O) groups excluding carboxylic acids is 1. The van der Waals surface area contributed by atoms with Gasteiger partial charge in [0.15, 0.2) is 27.8 Å². The molecule has 0 saturated carbocycles. The summed E-state index contributed by atoms with van der Waals surface area (Å²) in [5.41, 5.74) is 2.87. The van der Waals surface area contributed by atoms with Gasteiger partial charge in [0, 0.05) is 11.1 Å². The molecule has 10 heteroatoms. The highest BCUT2D eigenvalue weighted by molar-refractivity contribution is 7.07. The number of methoxy groups -OCH3 is 3. The number of rotatable bonds is 10. The minimum atomic E-state index is -0.881. The number of aromatic hydroxyl groups is 1. The molecular formula is C34H32N2O7S. The van der Waals surface area contributed by atoms with E-state index in [-0.39, 0.29) is 29.2 Å². The lowest BCUT2D eigenvalue weighted by Crippen LogP contribution is -2.40. The zero-order chi connectivity index (χ0) is 31.4. The van der Waals surface area contributed by atoms with Gasteiger partial charge in [0.05, 0.1) is 49.8 Å². The van der Waals surface area contributed by atoms with Gasteiger partial charge in [0.25, 0.3) is 5.56 Å². The molecule has 0 aliphatic carbocycles. The average Bonchev–Trinajstić information content (AvgIpc) is 3.35. The number of nitrogens with zero attached hydrogens (tertiary/aromatic N) is 2. The van der Waals surface area contributed by atoms with Crippen molar-refractivity contribution in [2.45, 2.75) is 19.4 Å². The van der Waals surface area contributed by atoms with Gasteiger partial charge in [-0.15, -0.1) is 6.58 Å². The quantitative estimate of drug-likeness (QED) is 0.209. The van der Waals surface area contributed by atoms with Crippen LogP contribution in [0.3, 0.4) is 0 Å². The van der Waals surface area contributed by atoms with Crippen molar-refractivity contribution in [2.75, 3.05) is 27.9 Å². The van der Waals surface area contributed by atoms with E-state index in [4.69, 9.17) is 23.9 Å². The highest BCUT2D eigenvalue weighted by atomic mass is 32.1. The van der Waals surface area contributed by atoms with Crippen LogP contribution >= 0.6 is 11.3 Å². The van der Waals surface area contributed by atoms with Crippen molar-refractivity contribution in [1.82, 2.24) is 4.57 Å². The smallest absolute Gasteiger partial charge is 0.338 e. The van der Waals surface area contributed by atoms with Crippen molar-refractivity contribution in [3.8, 4) is 23.0 Å². The summed E-state index contributed by atoms with van der Waals surface area (Å²) in [6, 6.07) is 17.2. The molecule has 0 spiro atoms. The van der Waals surface area contributed by atoms with Crippen LogP contribution in [0.15, 0.2) is 88.7 Å². The maximum atomic E-state index is 14.2. The van der Waals surface area contributed by atoms with E-state index in [1.54, 1.807) is 49.4 Å². The third-order valence-corrected chi connectivity index (χ3v) is 8.14. The van der Waals surface area contributed by atoms with Gasteiger partial charge in [-0.3, -0.25) is 9.36 Å². The number of phenolic OH excluding ortho intramolecular Hbond substituents is 1. The molecule has 1 atom stereocenters. The van der Waals surface area contributed by atoms with E-state index >= 15 is 0 Å². The number of phenols is 1. The molecule has 44 heavy (non-hydrogen) atoms. The van der Waals surface area contributed by atoms with Crippen LogP contribution in [-0.2, 0) is 16.0 Å². The van der Waals surface area contributed by atoms with E-state index in [9.17, 15) is 14.7 Å². The largest absolute Gasteiger partial charge is 0.504 e. The van der Waals surface area contributed by atoms with E-state index in [0.717, 1.165) is 0 Å². The molecule has 1 aliphatic rings. The standard InChI is InChI=1S/C34H32N2O7S/c1-6-11-23-16-20(17-26(42-5)31(23)37)18-27-32(38)36-30(22-14-15-24(40-3)25(19-22)41-4)28(33(39)43-7-2)29(35-34(36)44-27)21-12-9-8-10-13-21/h6,8-10,12-19,30,37H,1,7,11H2,2-5H3/b27-18+/t30-/m1/s1. The maximum Gasteiger partial charge on any atom is 0.338 e. The highest BCUT2D eigenvalue weighted by Crippen LogP contribution is 2.38. The number of fused-ring (bicyclic) bond motifs is 1. The third kappa shape index (κ3) is 5.63. The molecule has 9 nitrogen and oxygen atoms in total. The van der Waals surface area contributed by atoms with E-state index in [0.29, 0.717) is 55.2 Å². The van der Waals surface area contributed by atoms with E-state index in [2.05, 4.69) is 6.58 Å². The van der Waals surface area contributed by atoms with Gasteiger partial charge in [-0.1, -0.05) is 53.8 Å². The summed E-state index contributed by atoms with van der Waals surface area (Å²) in [6.07, 6.45) is 3.81. The van der Waals surface area contributed by atoms with Crippen LogP contribution in [0.25, 0.3) is 11.8 Å². The lowest BCUT2D eigenvalue weighted by atomic mass is 9.93. The molecule has 5 rings (SSSR count). The molecule has 0 unspecified atom stereocenters. The van der Waals surface area contributed by atoms with E-state index in [1.807, 2.05) is 30.3 Å². The molecule has 2 heterocycles. The molecule has 0 saturated heterocycles. The predicted octanol–water partition coefficient (Wildman–Crippen LogP) is 4.40. The van der Waals surface area contributed by atoms with Crippen LogP contribution in [0.1, 0.15) is 35.2 Å². The van der Waals surface area contributed by atoms with Gasteiger partial charge in [0.1, 0.15) is 0 Å². The van der Waals surface area contributed by atoms with Crippen molar-refractivity contribution in [1.29, 1.82) is 0 Å². The normalized spacial score (nSPS) is 14.5. The van der Waals surface area contributed by atoms with Gasteiger partial charge in [-0.25, -0.2) is 9.79 Å². The second-order valence-electron chi connectivity index (χ2n) is 9.77. The number of hydrogen-bond acceptors (Lipinski definition) is 9. The lowest BCUT2D eigenvalue weighted by Gasteiger charge is -2.26. The first-order valence-corrected chi connectivity index (χ1v) is 14.7. The van der Waals surface area contributed by atoms with Crippen molar-refractivity contribution in [3.63, 3.8) is 0 Å². The first-order chi connectivity index (χ1) is 21.3. The Morgan fingerprint density at radius 1 is 1.02 bits per heavy atom. The molecule has 0 radical (unpaired) electrons.